The Morgan fingerprint density at radius 2 is 2.38 bits per heavy atom. The largest absolute Gasteiger partial charge is 0.350 e. The van der Waals surface area contributed by atoms with Gasteiger partial charge in [-0.2, -0.15) is 0 Å². The molecule has 45 valence electrons. The van der Waals surface area contributed by atoms with Gasteiger partial charge in [0.1, 0.15) is 0 Å². The van der Waals surface area contributed by atoms with Crippen molar-refractivity contribution >= 4 is 12.2 Å². The summed E-state index contributed by atoms with van der Waals surface area (Å²) >= 11 is 0. The van der Waals surface area contributed by atoms with Crippen LogP contribution in [0.25, 0.3) is 0 Å². The molecular formula is C5H8NO2. The maximum absolute atomic E-state index is 10.1. The van der Waals surface area contributed by atoms with Crippen molar-refractivity contribution in [3.8, 4) is 0 Å². The molecule has 0 rings (SSSR count). The molecule has 0 aromatic carbocycles. The Balaban J connectivity index is 3.11. The molecule has 0 heterocycles. The van der Waals surface area contributed by atoms with E-state index >= 15 is 0 Å². The topological polar surface area (TPSA) is 46.2 Å². The number of aldehydes is 1. The minimum Gasteiger partial charge on any atom is -0.350 e. The molecular weight excluding hydrogens is 106 g/mol. The third-order valence-electron chi connectivity index (χ3n) is 0.583. The lowest BCUT2D eigenvalue weighted by atomic mass is 10.5. The van der Waals surface area contributed by atoms with E-state index in [0.717, 1.165) is 0 Å². The average molecular weight is 114 g/mol. The standard InChI is InChI=1S/C5H8NO2/c1-2-3-6-5(8)4-7/h4H,1-3H2,(H,6,8). The molecule has 1 N–H and O–H groups in total. The molecule has 0 aliphatic carbocycles. The van der Waals surface area contributed by atoms with Gasteiger partial charge in [0.05, 0.1) is 0 Å². The number of hydrogen-bond donors (Lipinski definition) is 1. The molecule has 0 aliphatic heterocycles. The van der Waals surface area contributed by atoms with E-state index < -0.39 is 5.91 Å². The highest BCUT2D eigenvalue weighted by Gasteiger charge is 1.91. The van der Waals surface area contributed by atoms with Gasteiger partial charge in [-0.3, -0.25) is 9.59 Å². The molecule has 3 nitrogen and oxygen atoms in total. The van der Waals surface area contributed by atoms with Gasteiger partial charge in [0, 0.05) is 6.54 Å². The number of carbonyl (C=O) groups is 2. The van der Waals surface area contributed by atoms with Crippen LogP contribution in [0.4, 0.5) is 0 Å². The maximum Gasteiger partial charge on any atom is 0.284 e. The first-order valence-corrected chi connectivity index (χ1v) is 2.33. The van der Waals surface area contributed by atoms with Gasteiger partial charge in [-0.15, -0.1) is 0 Å². The fraction of sp³-hybridized carbons (Fsp3) is 0.400. The van der Waals surface area contributed by atoms with Crippen molar-refractivity contribution in [1.29, 1.82) is 0 Å². The normalized spacial score (nSPS) is 8.12. The SMILES string of the molecule is [CH2]CCNC(=O)C=O. The molecule has 0 saturated heterocycles. The number of carbonyl (C=O) groups excluding carboxylic acids is 2. The Labute approximate surface area is 48.1 Å². The van der Waals surface area contributed by atoms with Gasteiger partial charge < -0.3 is 5.32 Å². The van der Waals surface area contributed by atoms with Gasteiger partial charge in [-0.1, -0.05) is 6.92 Å². The van der Waals surface area contributed by atoms with Gasteiger partial charge in [0.15, 0.2) is 0 Å². The lowest BCUT2D eigenvalue weighted by molar-refractivity contribution is -0.131. The second-order valence-electron chi connectivity index (χ2n) is 1.26. The van der Waals surface area contributed by atoms with Gasteiger partial charge in [0.2, 0.25) is 6.29 Å². The lowest BCUT2D eigenvalue weighted by Crippen LogP contribution is -2.24. The van der Waals surface area contributed by atoms with Crippen LogP contribution in [0.2, 0.25) is 0 Å². The summed E-state index contributed by atoms with van der Waals surface area (Å²) < 4.78 is 0. The molecule has 1 radical (unpaired) electrons. The first kappa shape index (κ1) is 7.14. The number of hydrogen-bond acceptors (Lipinski definition) is 2. The Hall–Kier alpha value is -0.860. The molecule has 3 heteroatoms. The molecule has 0 aliphatic rings. The van der Waals surface area contributed by atoms with Crippen LogP contribution in [0.15, 0.2) is 0 Å². The molecule has 8 heavy (non-hydrogen) atoms. The molecule has 0 bridgehead atoms. The molecule has 0 saturated carbocycles. The first-order chi connectivity index (χ1) is 3.81. The van der Waals surface area contributed by atoms with E-state index in [4.69, 9.17) is 0 Å². The Morgan fingerprint density at radius 1 is 1.75 bits per heavy atom. The van der Waals surface area contributed by atoms with Crippen LogP contribution < -0.4 is 5.32 Å². The van der Waals surface area contributed by atoms with Crippen molar-refractivity contribution in [2.75, 3.05) is 6.54 Å². The van der Waals surface area contributed by atoms with Gasteiger partial charge in [-0.05, 0) is 6.42 Å². The molecule has 0 fully saturated rings. The highest BCUT2D eigenvalue weighted by molar-refractivity contribution is 6.23. The summed E-state index contributed by atoms with van der Waals surface area (Å²) in [5.41, 5.74) is 0. The van der Waals surface area contributed by atoms with Crippen LogP contribution in [0, 0.1) is 6.92 Å². The summed E-state index contributed by atoms with van der Waals surface area (Å²) in [6, 6.07) is 0. The monoisotopic (exact) mass is 114 g/mol. The van der Waals surface area contributed by atoms with Gasteiger partial charge in [0.25, 0.3) is 5.91 Å². The summed E-state index contributed by atoms with van der Waals surface area (Å²) in [4.78, 5) is 19.6. The fourth-order valence-corrected chi connectivity index (χ4v) is 0.253. The van der Waals surface area contributed by atoms with Crippen LogP contribution in [-0.4, -0.2) is 18.7 Å². The second kappa shape index (κ2) is 4.30. The zero-order valence-corrected chi connectivity index (χ0v) is 4.52. The molecule has 1 amide bonds. The van der Waals surface area contributed by atoms with Gasteiger partial charge >= 0.3 is 0 Å². The summed E-state index contributed by atoms with van der Waals surface area (Å²) in [6.45, 7) is 3.93. The van der Waals surface area contributed by atoms with Crippen molar-refractivity contribution in [2.45, 2.75) is 6.42 Å². The van der Waals surface area contributed by atoms with Crippen molar-refractivity contribution in [3.05, 3.63) is 6.92 Å². The van der Waals surface area contributed by atoms with Crippen LogP contribution >= 0.6 is 0 Å². The highest BCUT2D eigenvalue weighted by atomic mass is 16.2. The van der Waals surface area contributed by atoms with E-state index in [2.05, 4.69) is 12.2 Å². The molecule has 0 atom stereocenters. The third kappa shape index (κ3) is 3.33. The minimum absolute atomic E-state index is 0.246. The smallest absolute Gasteiger partial charge is 0.284 e. The van der Waals surface area contributed by atoms with E-state index in [9.17, 15) is 9.59 Å². The van der Waals surface area contributed by atoms with E-state index in [1.165, 1.54) is 0 Å². The van der Waals surface area contributed by atoms with Crippen LogP contribution in [0.3, 0.4) is 0 Å². The quantitative estimate of drug-likeness (QED) is 0.398. The van der Waals surface area contributed by atoms with E-state index in [1.807, 2.05) is 0 Å². The highest BCUT2D eigenvalue weighted by Crippen LogP contribution is 1.66. The Morgan fingerprint density at radius 3 is 2.75 bits per heavy atom. The molecule has 0 aromatic rings. The molecule has 0 spiro atoms. The summed E-state index contributed by atoms with van der Waals surface area (Å²) in [6.07, 6.45) is 0.856. The number of amides is 1. The summed E-state index contributed by atoms with van der Waals surface area (Å²) in [7, 11) is 0. The van der Waals surface area contributed by atoms with Crippen LogP contribution in [-0.2, 0) is 9.59 Å². The van der Waals surface area contributed by atoms with Crippen molar-refractivity contribution in [3.63, 3.8) is 0 Å². The molecule has 0 unspecified atom stereocenters. The number of nitrogens with one attached hydrogen (secondary N) is 1. The third-order valence-corrected chi connectivity index (χ3v) is 0.583. The van der Waals surface area contributed by atoms with Crippen LogP contribution in [0.1, 0.15) is 6.42 Å². The van der Waals surface area contributed by atoms with Crippen LogP contribution in [0.5, 0.6) is 0 Å². The Kier molecular flexibility index (Phi) is 3.84. The average Bonchev–Trinajstić information content (AvgIpc) is 1.83. The number of rotatable bonds is 3. The van der Waals surface area contributed by atoms with E-state index in [-0.39, 0.29) is 6.29 Å². The van der Waals surface area contributed by atoms with E-state index in [1.54, 1.807) is 0 Å². The van der Waals surface area contributed by atoms with Crippen molar-refractivity contribution in [2.24, 2.45) is 0 Å². The zero-order valence-electron chi connectivity index (χ0n) is 4.52. The summed E-state index contributed by atoms with van der Waals surface area (Å²) in [5.74, 6) is -0.575. The molecule has 0 aromatic heterocycles. The predicted octanol–water partition coefficient (Wildman–Crippen LogP) is -0.474. The zero-order chi connectivity index (χ0) is 6.41. The predicted molar refractivity (Wildman–Crippen MR) is 29.0 cm³/mol. The van der Waals surface area contributed by atoms with E-state index in [0.29, 0.717) is 13.0 Å². The summed E-state index contributed by atoms with van der Waals surface area (Å²) in [5, 5.41) is 2.31. The second-order valence-corrected chi connectivity index (χ2v) is 1.26. The van der Waals surface area contributed by atoms with Crippen molar-refractivity contribution in [1.82, 2.24) is 5.32 Å². The van der Waals surface area contributed by atoms with Crippen molar-refractivity contribution < 1.29 is 9.59 Å². The lowest BCUT2D eigenvalue weighted by Gasteiger charge is -1.92. The van der Waals surface area contributed by atoms with Gasteiger partial charge in [-0.25, -0.2) is 0 Å². The fourth-order valence-electron chi connectivity index (χ4n) is 0.253. The first-order valence-electron chi connectivity index (χ1n) is 2.33. The minimum atomic E-state index is -0.575. The maximum atomic E-state index is 10.1. The Bertz CT molecular complexity index is 90.4.